The van der Waals surface area contributed by atoms with Crippen LogP contribution < -0.4 is 14.5 Å². The summed E-state index contributed by atoms with van der Waals surface area (Å²) in [7, 11) is 0. The van der Waals surface area contributed by atoms with Crippen molar-refractivity contribution >= 4 is 44.6 Å². The third-order valence-corrected chi connectivity index (χ3v) is 8.61. The van der Waals surface area contributed by atoms with Gasteiger partial charge in [0.05, 0.1) is 5.69 Å². The first-order valence-electron chi connectivity index (χ1n) is 15.7. The smallest absolute Gasteiger partial charge is 0.511 e. The molecule has 0 saturated carbocycles. The fraction of sp³-hybridized carbons (Fsp3) is 0.119. The standard InChI is InChI=1S/C42H33N3O.Pt/c1-42(2,3)30-26-33(44-25-24-43(31-14-6-4-7-15-31)39-20-12-13-21-40(39)44)28-35(27-30)46-34-22-23-37-36-18-10-11-19-38(36)45(41(37)29-34)32-16-8-5-9-17-32;/h4-16,18-23,25-27H,24H2,1-3H3;/q-4;+4. The van der Waals surface area contributed by atoms with E-state index in [4.69, 9.17) is 4.74 Å². The molecule has 0 atom stereocenters. The summed E-state index contributed by atoms with van der Waals surface area (Å²) in [5, 5.41) is 2.29. The van der Waals surface area contributed by atoms with E-state index in [0.29, 0.717) is 11.5 Å². The van der Waals surface area contributed by atoms with Crippen molar-refractivity contribution in [2.45, 2.75) is 26.2 Å². The van der Waals surface area contributed by atoms with Crippen LogP contribution in [0, 0.1) is 24.7 Å². The van der Waals surface area contributed by atoms with Crippen molar-refractivity contribution in [3.05, 3.63) is 158 Å². The Morgan fingerprint density at radius 3 is 2.21 bits per heavy atom. The molecule has 1 aliphatic rings. The van der Waals surface area contributed by atoms with Gasteiger partial charge in [0.2, 0.25) is 0 Å². The number of hydrogen-bond donors (Lipinski definition) is 0. The van der Waals surface area contributed by atoms with Gasteiger partial charge >= 0.3 is 21.1 Å². The fourth-order valence-electron chi connectivity index (χ4n) is 6.31. The molecule has 0 N–H and O–H groups in total. The molecule has 7 aromatic rings. The van der Waals surface area contributed by atoms with Crippen molar-refractivity contribution in [1.82, 2.24) is 4.57 Å². The Labute approximate surface area is 291 Å². The van der Waals surface area contributed by atoms with E-state index in [0.717, 1.165) is 45.7 Å². The summed E-state index contributed by atoms with van der Waals surface area (Å²) in [5.41, 5.74) is 8.46. The molecular formula is C42H33N3OPt. The van der Waals surface area contributed by atoms with Crippen LogP contribution in [0.4, 0.5) is 22.7 Å². The van der Waals surface area contributed by atoms with Crippen LogP contribution in [0.3, 0.4) is 0 Å². The number of para-hydroxylation sites is 5. The van der Waals surface area contributed by atoms with Gasteiger partial charge in [0.15, 0.2) is 0 Å². The maximum Gasteiger partial charge on any atom is 4.00 e. The predicted molar refractivity (Wildman–Crippen MR) is 189 cm³/mol. The molecule has 47 heavy (non-hydrogen) atoms. The third-order valence-electron chi connectivity index (χ3n) is 8.61. The van der Waals surface area contributed by atoms with Gasteiger partial charge in [0.1, 0.15) is 0 Å². The van der Waals surface area contributed by atoms with Crippen LogP contribution in [0.5, 0.6) is 11.5 Å². The maximum atomic E-state index is 6.63. The number of anilines is 4. The molecule has 8 rings (SSSR count). The van der Waals surface area contributed by atoms with Gasteiger partial charge in [-0.3, -0.25) is 0 Å². The van der Waals surface area contributed by atoms with E-state index in [1.165, 1.54) is 16.6 Å². The summed E-state index contributed by atoms with van der Waals surface area (Å²) >= 11 is 0. The monoisotopic (exact) mass is 790 g/mol. The van der Waals surface area contributed by atoms with Crippen molar-refractivity contribution < 1.29 is 25.8 Å². The number of hydrogen-bond acceptors (Lipinski definition) is 3. The molecular weight excluding hydrogens is 758 g/mol. The largest absolute Gasteiger partial charge is 4.00 e. The molecule has 232 valence electrons. The van der Waals surface area contributed by atoms with Crippen LogP contribution in [0.2, 0.25) is 0 Å². The van der Waals surface area contributed by atoms with E-state index < -0.39 is 0 Å². The van der Waals surface area contributed by atoms with E-state index in [9.17, 15) is 0 Å². The van der Waals surface area contributed by atoms with Crippen molar-refractivity contribution in [2.75, 3.05) is 16.3 Å². The molecule has 1 aromatic heterocycles. The van der Waals surface area contributed by atoms with Gasteiger partial charge in [-0.25, -0.2) is 6.54 Å². The van der Waals surface area contributed by atoms with Crippen molar-refractivity contribution in [1.29, 1.82) is 0 Å². The molecule has 6 aromatic carbocycles. The minimum absolute atomic E-state index is 0. The predicted octanol–water partition coefficient (Wildman–Crippen LogP) is 10.7. The summed E-state index contributed by atoms with van der Waals surface area (Å²) in [5.74, 6) is 1.29. The first-order chi connectivity index (χ1) is 22.4. The molecule has 0 bridgehead atoms. The van der Waals surface area contributed by atoms with Crippen LogP contribution in [0.25, 0.3) is 27.5 Å². The second-order valence-corrected chi connectivity index (χ2v) is 12.6. The number of nitrogens with zero attached hydrogens (tertiary/aromatic N) is 3. The zero-order valence-corrected chi connectivity index (χ0v) is 28.7. The van der Waals surface area contributed by atoms with Crippen LogP contribution in [0.15, 0.2) is 127 Å². The van der Waals surface area contributed by atoms with Gasteiger partial charge in [-0.1, -0.05) is 87.1 Å². The second kappa shape index (κ2) is 12.4. The minimum Gasteiger partial charge on any atom is -0.511 e. The van der Waals surface area contributed by atoms with Crippen LogP contribution in [-0.2, 0) is 26.5 Å². The Balaban J connectivity index is 0.00000351. The Morgan fingerprint density at radius 1 is 0.681 bits per heavy atom. The molecule has 0 radical (unpaired) electrons. The van der Waals surface area contributed by atoms with Gasteiger partial charge in [-0.15, -0.1) is 53.0 Å². The van der Waals surface area contributed by atoms with Gasteiger partial charge < -0.3 is 19.1 Å². The van der Waals surface area contributed by atoms with Crippen LogP contribution >= 0.6 is 0 Å². The molecule has 0 spiro atoms. The van der Waals surface area contributed by atoms with E-state index >= 15 is 0 Å². The normalized spacial score (nSPS) is 13.0. The summed E-state index contributed by atoms with van der Waals surface area (Å²) in [6, 6.07) is 54.6. The molecule has 0 unspecified atom stereocenters. The Kier molecular flexibility index (Phi) is 8.16. The van der Waals surface area contributed by atoms with E-state index in [1.54, 1.807) is 0 Å². The SMILES string of the molecule is CC(C)(C)c1cc(Oc2[c-]c3c(cc2)c2ccccc2n3-c2[c-]cccc2)[c-]c(N2[CH-]CN(c3ccccc3)c3ccccc32)c1.[Pt+4]. The Bertz CT molecular complexity index is 2180. The minimum atomic E-state index is -0.101. The molecule has 1 aliphatic heterocycles. The zero-order chi connectivity index (χ0) is 31.3. The molecule has 0 aliphatic carbocycles. The second-order valence-electron chi connectivity index (χ2n) is 12.6. The van der Waals surface area contributed by atoms with E-state index in [2.05, 4.69) is 163 Å². The summed E-state index contributed by atoms with van der Waals surface area (Å²) < 4.78 is 8.84. The van der Waals surface area contributed by atoms with Crippen molar-refractivity contribution in [3.8, 4) is 17.2 Å². The molecule has 2 heterocycles. The first kappa shape index (κ1) is 30.8. The van der Waals surface area contributed by atoms with Crippen LogP contribution in [0.1, 0.15) is 26.3 Å². The van der Waals surface area contributed by atoms with E-state index in [-0.39, 0.29) is 26.5 Å². The number of rotatable bonds is 5. The summed E-state index contributed by atoms with van der Waals surface area (Å²) in [4.78, 5) is 4.58. The topological polar surface area (TPSA) is 20.6 Å². The summed E-state index contributed by atoms with van der Waals surface area (Å²) in [6.07, 6.45) is 0. The molecule has 5 heteroatoms. The molecule has 0 fully saturated rings. The Hall–Kier alpha value is -4.79. The van der Waals surface area contributed by atoms with Gasteiger partial charge in [-0.2, -0.15) is 30.3 Å². The van der Waals surface area contributed by atoms with Gasteiger partial charge in [0, 0.05) is 28.4 Å². The molecule has 4 nitrogen and oxygen atoms in total. The molecule has 0 saturated heterocycles. The average Bonchev–Trinajstić information content (AvgIpc) is 3.41. The first-order valence-corrected chi connectivity index (χ1v) is 15.7. The number of benzene rings is 6. The zero-order valence-electron chi connectivity index (χ0n) is 26.5. The van der Waals surface area contributed by atoms with E-state index in [1.807, 2.05) is 24.3 Å². The summed E-state index contributed by atoms with van der Waals surface area (Å²) in [6.45, 7) is 9.65. The number of ether oxygens (including phenoxy) is 1. The van der Waals surface area contributed by atoms with Crippen molar-refractivity contribution in [2.24, 2.45) is 0 Å². The average molecular weight is 791 g/mol. The number of fused-ring (bicyclic) bond motifs is 4. The van der Waals surface area contributed by atoms with Crippen LogP contribution in [-0.4, -0.2) is 11.1 Å². The fourth-order valence-corrected chi connectivity index (χ4v) is 6.31. The Morgan fingerprint density at radius 2 is 1.43 bits per heavy atom. The number of aromatic nitrogens is 1. The molecule has 0 amide bonds. The van der Waals surface area contributed by atoms with Gasteiger partial charge in [0.25, 0.3) is 0 Å². The maximum absolute atomic E-state index is 6.63. The van der Waals surface area contributed by atoms with Crippen molar-refractivity contribution in [3.63, 3.8) is 0 Å². The third kappa shape index (κ3) is 5.72. The van der Waals surface area contributed by atoms with Gasteiger partial charge in [-0.05, 0) is 41.1 Å². The quantitative estimate of drug-likeness (QED) is 0.162.